The molecular formula is C19H24BF3N2O2. The molecule has 1 aliphatic heterocycles. The molecule has 1 aromatic carbocycles. The van der Waals surface area contributed by atoms with E-state index >= 15 is 0 Å². The summed E-state index contributed by atoms with van der Waals surface area (Å²) < 4.78 is 52.7. The van der Waals surface area contributed by atoms with E-state index in [2.05, 4.69) is 5.10 Å². The Labute approximate surface area is 157 Å². The van der Waals surface area contributed by atoms with Crippen molar-refractivity contribution >= 4 is 18.0 Å². The number of alkyl halides is 3. The molecule has 4 nitrogen and oxygen atoms in total. The van der Waals surface area contributed by atoms with E-state index in [1.807, 2.05) is 45.9 Å². The molecule has 4 rings (SSSR count). The van der Waals surface area contributed by atoms with Crippen molar-refractivity contribution in [3.8, 4) is 0 Å². The molecule has 1 aliphatic carbocycles. The van der Waals surface area contributed by atoms with Crippen molar-refractivity contribution in [3.63, 3.8) is 0 Å². The first kappa shape index (κ1) is 18.8. The lowest BCUT2D eigenvalue weighted by Gasteiger charge is -2.32. The maximum atomic E-state index is 13.1. The first-order chi connectivity index (χ1) is 12.4. The zero-order chi connectivity index (χ0) is 19.8. The number of hydrogen-bond acceptors (Lipinski definition) is 3. The summed E-state index contributed by atoms with van der Waals surface area (Å²) >= 11 is 0. The Morgan fingerprint density at radius 1 is 1.19 bits per heavy atom. The van der Waals surface area contributed by atoms with E-state index in [0.29, 0.717) is 10.9 Å². The van der Waals surface area contributed by atoms with Gasteiger partial charge in [0.15, 0.2) is 0 Å². The van der Waals surface area contributed by atoms with Crippen LogP contribution >= 0.6 is 0 Å². The molecular weight excluding hydrogens is 356 g/mol. The van der Waals surface area contributed by atoms with Crippen LogP contribution in [0.15, 0.2) is 24.4 Å². The summed E-state index contributed by atoms with van der Waals surface area (Å²) in [5, 5.41) is 4.68. The zero-order valence-electron chi connectivity index (χ0n) is 16.2. The fourth-order valence-electron chi connectivity index (χ4n) is 3.69. The number of fused-ring (bicyclic) bond motifs is 1. The van der Waals surface area contributed by atoms with Crippen LogP contribution in [0.4, 0.5) is 13.2 Å². The molecule has 2 fully saturated rings. The topological polar surface area (TPSA) is 36.3 Å². The molecule has 2 unspecified atom stereocenters. The lowest BCUT2D eigenvalue weighted by molar-refractivity contribution is -0.164. The van der Waals surface area contributed by atoms with E-state index in [4.69, 9.17) is 9.31 Å². The van der Waals surface area contributed by atoms with Gasteiger partial charge in [-0.05, 0) is 58.6 Å². The average Bonchev–Trinajstić information content (AvgIpc) is 3.18. The summed E-state index contributed by atoms with van der Waals surface area (Å²) in [6.07, 6.45) is -1.94. The smallest absolute Gasteiger partial charge is 0.403 e. The number of benzene rings is 1. The van der Waals surface area contributed by atoms with E-state index in [-0.39, 0.29) is 30.1 Å². The molecule has 1 aromatic heterocycles. The second kappa shape index (κ2) is 5.73. The van der Waals surface area contributed by atoms with E-state index < -0.39 is 12.2 Å². The predicted octanol–water partition coefficient (Wildman–Crippen LogP) is 5.11. The van der Waals surface area contributed by atoms with Crippen molar-refractivity contribution in [2.45, 2.75) is 76.2 Å². The van der Waals surface area contributed by atoms with Gasteiger partial charge in [-0.2, -0.15) is 18.3 Å². The van der Waals surface area contributed by atoms with E-state index in [0.717, 1.165) is 23.6 Å². The minimum Gasteiger partial charge on any atom is -0.403 e. The summed E-state index contributed by atoms with van der Waals surface area (Å²) in [5.41, 5.74) is 0.764. The summed E-state index contributed by atoms with van der Waals surface area (Å²) in [4.78, 5) is 0. The first-order valence-corrected chi connectivity index (χ1v) is 9.30. The average molecular weight is 380 g/mol. The van der Waals surface area contributed by atoms with Crippen LogP contribution in [0.5, 0.6) is 0 Å². The molecule has 27 heavy (non-hydrogen) atoms. The molecule has 0 spiro atoms. The van der Waals surface area contributed by atoms with Crippen LogP contribution < -0.4 is 0 Å². The Hall–Kier alpha value is -1.54. The lowest BCUT2D eigenvalue weighted by Crippen LogP contribution is -2.41. The standard InChI is InChI=1S/C19H24BF3N2O2/c1-11(19(21,22)23)25-16-8-12(6-7-13(16)10-24-25)14-9-15(14)20-26-17(2,3)18(4,5)27-20/h6-8,10-11,14-15H,9H2,1-5H3/t11?,14?,15-/m0/s1. The molecule has 2 aliphatic rings. The summed E-state index contributed by atoms with van der Waals surface area (Å²) in [6, 6.07) is 3.99. The Kier molecular flexibility index (Phi) is 4.00. The van der Waals surface area contributed by atoms with Crippen molar-refractivity contribution in [1.29, 1.82) is 0 Å². The second-order valence-corrected chi connectivity index (χ2v) is 8.76. The van der Waals surface area contributed by atoms with Crippen molar-refractivity contribution in [1.82, 2.24) is 9.78 Å². The molecule has 0 N–H and O–H groups in total. The molecule has 0 bridgehead atoms. The first-order valence-electron chi connectivity index (χ1n) is 9.30. The van der Waals surface area contributed by atoms with E-state index in [1.165, 1.54) is 6.20 Å². The van der Waals surface area contributed by atoms with E-state index in [9.17, 15) is 13.2 Å². The van der Waals surface area contributed by atoms with Gasteiger partial charge in [-0.3, -0.25) is 4.68 Å². The number of halogens is 3. The molecule has 2 heterocycles. The number of hydrogen-bond donors (Lipinski definition) is 0. The van der Waals surface area contributed by atoms with Crippen LogP contribution in [-0.2, 0) is 9.31 Å². The van der Waals surface area contributed by atoms with Gasteiger partial charge >= 0.3 is 13.3 Å². The third kappa shape index (κ3) is 3.07. The van der Waals surface area contributed by atoms with Crippen LogP contribution in [0, 0.1) is 0 Å². The Bertz CT molecular complexity index is 861. The SMILES string of the molecule is CC(n1ncc2ccc(C3C[C@@H]3B3OC(C)(C)C(C)(C)O3)cc21)C(F)(F)F. The van der Waals surface area contributed by atoms with Crippen LogP contribution in [0.25, 0.3) is 10.9 Å². The van der Waals surface area contributed by atoms with Crippen molar-refractivity contribution < 1.29 is 22.5 Å². The van der Waals surface area contributed by atoms with Gasteiger partial charge in [0.1, 0.15) is 6.04 Å². The normalized spacial score (nSPS) is 27.9. The van der Waals surface area contributed by atoms with Crippen LogP contribution in [0.3, 0.4) is 0 Å². The van der Waals surface area contributed by atoms with Crippen LogP contribution in [-0.4, -0.2) is 34.3 Å². The molecule has 2 aromatic rings. The van der Waals surface area contributed by atoms with Crippen molar-refractivity contribution in [2.75, 3.05) is 0 Å². The molecule has 0 radical (unpaired) electrons. The fraction of sp³-hybridized carbons (Fsp3) is 0.632. The van der Waals surface area contributed by atoms with Gasteiger partial charge in [0, 0.05) is 11.2 Å². The van der Waals surface area contributed by atoms with Gasteiger partial charge in [0.25, 0.3) is 0 Å². The Balaban J connectivity index is 1.58. The van der Waals surface area contributed by atoms with Crippen molar-refractivity contribution in [3.05, 3.63) is 30.0 Å². The molecule has 0 amide bonds. The highest BCUT2D eigenvalue weighted by Crippen LogP contribution is 2.58. The molecule has 1 saturated heterocycles. The van der Waals surface area contributed by atoms with Gasteiger partial charge in [-0.1, -0.05) is 12.1 Å². The molecule has 3 atom stereocenters. The Morgan fingerprint density at radius 2 is 1.81 bits per heavy atom. The quantitative estimate of drug-likeness (QED) is 0.695. The van der Waals surface area contributed by atoms with Crippen molar-refractivity contribution in [2.24, 2.45) is 0 Å². The van der Waals surface area contributed by atoms with Crippen LogP contribution in [0.2, 0.25) is 5.82 Å². The van der Waals surface area contributed by atoms with Gasteiger partial charge in [-0.25, -0.2) is 0 Å². The van der Waals surface area contributed by atoms with Crippen LogP contribution in [0.1, 0.15) is 58.6 Å². The maximum absolute atomic E-state index is 13.1. The third-order valence-corrected chi connectivity index (χ3v) is 6.35. The number of rotatable bonds is 3. The van der Waals surface area contributed by atoms with E-state index in [1.54, 1.807) is 0 Å². The summed E-state index contributed by atoms with van der Waals surface area (Å²) in [5.74, 6) is 0.452. The zero-order valence-corrected chi connectivity index (χ0v) is 16.2. The maximum Gasteiger partial charge on any atom is 0.461 e. The second-order valence-electron chi connectivity index (χ2n) is 8.76. The number of aromatic nitrogens is 2. The highest BCUT2D eigenvalue weighted by molar-refractivity contribution is 6.49. The lowest BCUT2D eigenvalue weighted by atomic mass is 9.79. The summed E-state index contributed by atoms with van der Waals surface area (Å²) in [6.45, 7) is 9.21. The minimum absolute atomic E-state index is 0.222. The highest BCUT2D eigenvalue weighted by atomic mass is 19.4. The monoisotopic (exact) mass is 380 g/mol. The number of nitrogens with zero attached hydrogens (tertiary/aromatic N) is 2. The van der Waals surface area contributed by atoms with Gasteiger partial charge in [0.05, 0.1) is 22.9 Å². The van der Waals surface area contributed by atoms with Gasteiger partial charge in [-0.15, -0.1) is 0 Å². The predicted molar refractivity (Wildman–Crippen MR) is 97.7 cm³/mol. The summed E-state index contributed by atoms with van der Waals surface area (Å²) in [7, 11) is -0.283. The highest BCUT2D eigenvalue weighted by Gasteiger charge is 2.59. The van der Waals surface area contributed by atoms with Gasteiger partial charge in [0.2, 0.25) is 0 Å². The third-order valence-electron chi connectivity index (χ3n) is 6.35. The molecule has 146 valence electrons. The molecule has 8 heteroatoms. The molecule has 1 saturated carbocycles. The Morgan fingerprint density at radius 3 is 2.41 bits per heavy atom. The largest absolute Gasteiger partial charge is 0.461 e. The fourth-order valence-corrected chi connectivity index (χ4v) is 3.69. The minimum atomic E-state index is -4.33. The van der Waals surface area contributed by atoms with Gasteiger partial charge < -0.3 is 9.31 Å².